The van der Waals surface area contributed by atoms with Crippen LogP contribution in [0.15, 0.2) is 65.7 Å². The molecular formula is C19H20N4O. The molecular weight excluding hydrogens is 300 g/mol. The molecule has 24 heavy (non-hydrogen) atoms. The van der Waals surface area contributed by atoms with E-state index < -0.39 is 0 Å². The average molecular weight is 320 g/mol. The molecule has 0 aliphatic carbocycles. The monoisotopic (exact) mass is 320 g/mol. The topological polar surface area (TPSA) is 57.6 Å². The van der Waals surface area contributed by atoms with Crippen molar-refractivity contribution in [1.82, 2.24) is 10.4 Å². The number of allylic oxidation sites excluding steroid dienone is 2. The van der Waals surface area contributed by atoms with Crippen molar-refractivity contribution in [3.05, 3.63) is 71.7 Å². The number of likely N-dealkylation sites (N-methyl/N-ethyl adjacent to an activating group) is 1. The average Bonchev–Trinajstić information content (AvgIpc) is 2.80. The van der Waals surface area contributed by atoms with E-state index in [1.165, 1.54) is 17.4 Å². The molecule has 122 valence electrons. The number of nitrogens with zero attached hydrogens (tertiary/aromatic N) is 3. The lowest BCUT2D eigenvalue weighted by Gasteiger charge is -2.23. The van der Waals surface area contributed by atoms with Crippen LogP contribution in [0.25, 0.3) is 0 Å². The Morgan fingerprint density at radius 3 is 2.75 bits per heavy atom. The molecule has 2 heterocycles. The van der Waals surface area contributed by atoms with E-state index in [4.69, 9.17) is 0 Å². The molecule has 1 aromatic heterocycles. The summed E-state index contributed by atoms with van der Waals surface area (Å²) in [5, 5.41) is 4.02. The molecule has 0 radical (unpaired) electrons. The molecule has 1 N–H and O–H groups in total. The Morgan fingerprint density at radius 1 is 1.25 bits per heavy atom. The fourth-order valence-corrected chi connectivity index (χ4v) is 3.07. The third-order valence-electron chi connectivity index (χ3n) is 4.34. The maximum atomic E-state index is 11.9. The van der Waals surface area contributed by atoms with Gasteiger partial charge in [-0.15, -0.1) is 0 Å². The number of amides is 1. The van der Waals surface area contributed by atoms with Crippen LogP contribution in [0.1, 0.15) is 29.8 Å². The van der Waals surface area contributed by atoms with Crippen LogP contribution >= 0.6 is 0 Å². The Balaban J connectivity index is 1.74. The minimum atomic E-state index is -0.278. The van der Waals surface area contributed by atoms with E-state index >= 15 is 0 Å². The van der Waals surface area contributed by atoms with Gasteiger partial charge < -0.3 is 4.90 Å². The fraction of sp³-hybridized carbons (Fsp3) is 0.211. The number of hydrogen-bond acceptors (Lipinski definition) is 4. The minimum absolute atomic E-state index is 0.106. The Bertz CT molecular complexity index is 809. The first-order chi connectivity index (χ1) is 11.5. The predicted molar refractivity (Wildman–Crippen MR) is 96.1 cm³/mol. The second-order valence-electron chi connectivity index (χ2n) is 6.21. The van der Waals surface area contributed by atoms with E-state index in [-0.39, 0.29) is 11.3 Å². The molecule has 1 amide bonds. The second kappa shape index (κ2) is 6.28. The van der Waals surface area contributed by atoms with Crippen molar-refractivity contribution in [2.24, 2.45) is 5.10 Å². The van der Waals surface area contributed by atoms with Gasteiger partial charge in [0.1, 0.15) is 0 Å². The number of carbonyl (C=O) groups excluding carboxylic acids is 1. The van der Waals surface area contributed by atoms with Gasteiger partial charge in [-0.25, -0.2) is 5.43 Å². The minimum Gasteiger partial charge on any atom is -0.347 e. The lowest BCUT2D eigenvalue weighted by atomic mass is 9.84. The zero-order valence-corrected chi connectivity index (χ0v) is 14.0. The highest BCUT2D eigenvalue weighted by Gasteiger charge is 2.37. The van der Waals surface area contributed by atoms with Gasteiger partial charge >= 0.3 is 0 Å². The van der Waals surface area contributed by atoms with Crippen molar-refractivity contribution in [2.75, 3.05) is 11.9 Å². The first-order valence-electron chi connectivity index (χ1n) is 7.79. The van der Waals surface area contributed by atoms with Gasteiger partial charge in [-0.3, -0.25) is 9.78 Å². The van der Waals surface area contributed by atoms with Crippen LogP contribution in [-0.2, 0) is 5.41 Å². The molecule has 2 aromatic rings. The van der Waals surface area contributed by atoms with E-state index in [9.17, 15) is 4.79 Å². The van der Waals surface area contributed by atoms with Crippen LogP contribution in [0, 0.1) is 0 Å². The Labute approximate surface area is 141 Å². The normalized spacial score (nSPS) is 17.3. The van der Waals surface area contributed by atoms with Crippen LogP contribution < -0.4 is 10.3 Å². The summed E-state index contributed by atoms with van der Waals surface area (Å²) in [6, 6.07) is 11.8. The third kappa shape index (κ3) is 2.80. The van der Waals surface area contributed by atoms with Crippen LogP contribution in [0.3, 0.4) is 0 Å². The summed E-state index contributed by atoms with van der Waals surface area (Å²) < 4.78 is 0. The SMILES string of the molecule is CN1/C(=C\C=NNC(=O)c2cccnc2)C(C)(C)c2ccccc21. The summed E-state index contributed by atoms with van der Waals surface area (Å²) >= 11 is 0. The largest absolute Gasteiger partial charge is 0.347 e. The van der Waals surface area contributed by atoms with Gasteiger partial charge in [-0.1, -0.05) is 32.0 Å². The first kappa shape index (κ1) is 15.9. The number of anilines is 1. The number of hydrogen-bond donors (Lipinski definition) is 1. The number of para-hydroxylation sites is 1. The molecule has 1 aliphatic rings. The lowest BCUT2D eigenvalue weighted by Crippen LogP contribution is -2.23. The van der Waals surface area contributed by atoms with Crippen molar-refractivity contribution in [3.8, 4) is 0 Å². The number of pyridine rings is 1. The molecule has 0 bridgehead atoms. The summed E-state index contributed by atoms with van der Waals surface area (Å²) in [6.45, 7) is 4.37. The molecule has 1 aromatic carbocycles. The zero-order chi connectivity index (χ0) is 17.2. The first-order valence-corrected chi connectivity index (χ1v) is 7.79. The molecule has 5 nitrogen and oxygen atoms in total. The maximum Gasteiger partial charge on any atom is 0.272 e. The molecule has 0 atom stereocenters. The lowest BCUT2D eigenvalue weighted by molar-refractivity contribution is 0.0955. The summed E-state index contributed by atoms with van der Waals surface area (Å²) in [7, 11) is 2.04. The number of rotatable bonds is 3. The molecule has 0 spiro atoms. The van der Waals surface area contributed by atoms with Crippen LogP contribution in [0.2, 0.25) is 0 Å². The third-order valence-corrected chi connectivity index (χ3v) is 4.34. The quantitative estimate of drug-likeness (QED) is 0.698. The van der Waals surface area contributed by atoms with Crippen molar-refractivity contribution >= 4 is 17.8 Å². The predicted octanol–water partition coefficient (Wildman–Crippen LogP) is 3.11. The highest BCUT2D eigenvalue weighted by Crippen LogP contribution is 2.46. The zero-order valence-electron chi connectivity index (χ0n) is 14.0. The van der Waals surface area contributed by atoms with E-state index in [1.54, 1.807) is 24.5 Å². The highest BCUT2D eigenvalue weighted by atomic mass is 16.2. The maximum absolute atomic E-state index is 11.9. The summed E-state index contributed by atoms with van der Waals surface area (Å²) in [4.78, 5) is 18.0. The molecule has 5 heteroatoms. The van der Waals surface area contributed by atoms with Gasteiger partial charge in [0.2, 0.25) is 0 Å². The summed E-state index contributed by atoms with van der Waals surface area (Å²) in [5.74, 6) is -0.278. The molecule has 0 fully saturated rings. The molecule has 0 unspecified atom stereocenters. The number of nitrogens with one attached hydrogen (secondary N) is 1. The van der Waals surface area contributed by atoms with Crippen molar-refractivity contribution in [3.63, 3.8) is 0 Å². The molecule has 1 aliphatic heterocycles. The number of carbonyl (C=O) groups is 1. The van der Waals surface area contributed by atoms with E-state index in [0.29, 0.717) is 5.56 Å². The molecule has 0 saturated heterocycles. The van der Waals surface area contributed by atoms with Gasteiger partial charge in [-0.05, 0) is 29.8 Å². The van der Waals surface area contributed by atoms with Gasteiger partial charge in [0.05, 0.1) is 5.56 Å². The van der Waals surface area contributed by atoms with Gasteiger partial charge in [0, 0.05) is 42.5 Å². The van der Waals surface area contributed by atoms with E-state index in [0.717, 1.165) is 5.70 Å². The number of aromatic nitrogens is 1. The molecule has 3 rings (SSSR count). The van der Waals surface area contributed by atoms with Crippen molar-refractivity contribution < 1.29 is 4.79 Å². The fourth-order valence-electron chi connectivity index (χ4n) is 3.07. The standard InChI is InChI=1S/C19H20N4O/c1-19(2)15-8-4-5-9-16(15)23(3)17(19)10-12-21-22-18(24)14-7-6-11-20-13-14/h4-13H,1-3H3,(H,22,24)/b17-10-,21-12?. The smallest absolute Gasteiger partial charge is 0.272 e. The van der Waals surface area contributed by atoms with Gasteiger partial charge in [0.25, 0.3) is 5.91 Å². The van der Waals surface area contributed by atoms with Gasteiger partial charge in [-0.2, -0.15) is 5.10 Å². The van der Waals surface area contributed by atoms with Crippen LogP contribution in [0.5, 0.6) is 0 Å². The van der Waals surface area contributed by atoms with E-state index in [1.807, 2.05) is 19.2 Å². The van der Waals surface area contributed by atoms with Crippen molar-refractivity contribution in [2.45, 2.75) is 19.3 Å². The number of benzene rings is 1. The van der Waals surface area contributed by atoms with Crippen molar-refractivity contribution in [1.29, 1.82) is 0 Å². The number of hydrazone groups is 1. The Kier molecular flexibility index (Phi) is 4.16. The molecule has 0 saturated carbocycles. The Hall–Kier alpha value is -2.95. The highest BCUT2D eigenvalue weighted by molar-refractivity contribution is 5.94. The van der Waals surface area contributed by atoms with Crippen LogP contribution in [0.4, 0.5) is 5.69 Å². The number of fused-ring (bicyclic) bond motifs is 1. The summed E-state index contributed by atoms with van der Waals surface area (Å²) in [5.41, 5.74) is 6.49. The second-order valence-corrected chi connectivity index (χ2v) is 6.21. The van der Waals surface area contributed by atoms with E-state index in [2.05, 4.69) is 52.5 Å². The van der Waals surface area contributed by atoms with Crippen LogP contribution in [-0.4, -0.2) is 24.2 Å². The summed E-state index contributed by atoms with van der Waals surface area (Å²) in [6.07, 6.45) is 6.69. The van der Waals surface area contributed by atoms with Gasteiger partial charge in [0.15, 0.2) is 0 Å². The Morgan fingerprint density at radius 2 is 2.04 bits per heavy atom.